The van der Waals surface area contributed by atoms with Crippen molar-refractivity contribution in [2.45, 2.75) is 30.9 Å². The van der Waals surface area contributed by atoms with E-state index in [-0.39, 0.29) is 17.6 Å². The molecule has 1 fully saturated rings. The topological polar surface area (TPSA) is 67.9 Å². The van der Waals surface area contributed by atoms with Crippen molar-refractivity contribution in [2.24, 2.45) is 10.7 Å². The van der Waals surface area contributed by atoms with Crippen molar-refractivity contribution < 1.29 is 18.3 Å². The van der Waals surface area contributed by atoms with E-state index in [9.17, 15) is 13.6 Å². The van der Waals surface area contributed by atoms with Crippen molar-refractivity contribution in [3.8, 4) is 5.75 Å². The largest absolute Gasteiger partial charge is 0.435 e. The molecular weight excluding hydrogens is 352 g/mol. The number of ether oxygens (including phenoxy) is 1. The molecule has 4 rings (SSSR count). The highest BCUT2D eigenvalue weighted by molar-refractivity contribution is 6.08. The molecule has 1 saturated carbocycles. The first-order valence-corrected chi connectivity index (χ1v) is 8.71. The third-order valence-electron chi connectivity index (χ3n) is 5.09. The summed E-state index contributed by atoms with van der Waals surface area (Å²) < 4.78 is 29.3. The van der Waals surface area contributed by atoms with Crippen LogP contribution in [-0.4, -0.2) is 30.4 Å². The van der Waals surface area contributed by atoms with Gasteiger partial charge in [-0.2, -0.15) is 8.78 Å². The molecule has 0 unspecified atom stereocenters. The number of hydrogen-bond donors (Lipinski definition) is 1. The monoisotopic (exact) mass is 371 g/mol. The number of nitrogens with two attached hydrogens (primary N) is 1. The number of rotatable bonds is 5. The summed E-state index contributed by atoms with van der Waals surface area (Å²) >= 11 is 0. The van der Waals surface area contributed by atoms with Crippen LogP contribution in [0.2, 0.25) is 0 Å². The van der Waals surface area contributed by atoms with Gasteiger partial charge in [-0.25, -0.2) is 4.99 Å². The summed E-state index contributed by atoms with van der Waals surface area (Å²) in [7, 11) is 1.57. The highest BCUT2D eigenvalue weighted by Gasteiger charge is 2.49. The summed E-state index contributed by atoms with van der Waals surface area (Å²) in [6.07, 6.45) is 2.27. The highest BCUT2D eigenvalue weighted by Crippen LogP contribution is 2.44. The van der Waals surface area contributed by atoms with Crippen LogP contribution in [-0.2, 0) is 10.3 Å². The minimum absolute atomic E-state index is 0.0198. The molecule has 0 saturated heterocycles. The van der Waals surface area contributed by atoms with Crippen LogP contribution in [0, 0.1) is 0 Å². The number of hydrogen-bond acceptors (Lipinski definition) is 4. The third kappa shape index (κ3) is 2.93. The maximum absolute atomic E-state index is 13.2. The number of halogens is 2. The molecule has 27 heavy (non-hydrogen) atoms. The highest BCUT2D eigenvalue weighted by atomic mass is 19.3. The van der Waals surface area contributed by atoms with Crippen LogP contribution >= 0.6 is 0 Å². The second-order valence-electron chi connectivity index (χ2n) is 6.85. The van der Waals surface area contributed by atoms with Gasteiger partial charge in [0, 0.05) is 7.05 Å². The Hall–Kier alpha value is -2.96. The SMILES string of the molecule is CN1C(=O)[C@](c2ccc(OC(F)F)cc2)(c2cccc(C3CC3)c2)N=C1N. The molecule has 7 heteroatoms. The summed E-state index contributed by atoms with van der Waals surface area (Å²) in [5, 5.41) is 0. The smallest absolute Gasteiger partial charge is 0.387 e. The lowest BCUT2D eigenvalue weighted by molar-refractivity contribution is -0.129. The lowest BCUT2D eigenvalue weighted by Gasteiger charge is -2.26. The molecule has 1 aliphatic carbocycles. The second-order valence-corrected chi connectivity index (χ2v) is 6.85. The van der Waals surface area contributed by atoms with Crippen molar-refractivity contribution >= 4 is 11.9 Å². The van der Waals surface area contributed by atoms with E-state index >= 15 is 0 Å². The first-order chi connectivity index (χ1) is 12.9. The summed E-state index contributed by atoms with van der Waals surface area (Å²) in [5.41, 5.74) is 7.06. The summed E-state index contributed by atoms with van der Waals surface area (Å²) in [6.45, 7) is -2.91. The molecule has 1 amide bonds. The molecule has 1 aliphatic heterocycles. The van der Waals surface area contributed by atoms with Crippen LogP contribution in [0.1, 0.15) is 35.4 Å². The fourth-order valence-corrected chi connectivity index (χ4v) is 3.50. The number of nitrogens with zero attached hydrogens (tertiary/aromatic N) is 2. The number of carbonyl (C=O) groups is 1. The molecule has 0 radical (unpaired) electrons. The van der Waals surface area contributed by atoms with Crippen molar-refractivity contribution in [1.82, 2.24) is 4.90 Å². The number of benzene rings is 2. The molecule has 2 N–H and O–H groups in total. The van der Waals surface area contributed by atoms with Gasteiger partial charge in [0.15, 0.2) is 11.5 Å². The molecule has 0 aromatic heterocycles. The van der Waals surface area contributed by atoms with Crippen molar-refractivity contribution in [3.05, 3.63) is 65.2 Å². The Labute approximate surface area is 155 Å². The van der Waals surface area contributed by atoms with Crippen LogP contribution in [0.3, 0.4) is 0 Å². The van der Waals surface area contributed by atoms with Gasteiger partial charge in [0.25, 0.3) is 5.91 Å². The molecule has 0 bridgehead atoms. The van der Waals surface area contributed by atoms with Gasteiger partial charge in [-0.05, 0) is 47.6 Å². The Morgan fingerprint density at radius 1 is 1.19 bits per heavy atom. The van der Waals surface area contributed by atoms with Crippen LogP contribution in [0.4, 0.5) is 8.78 Å². The summed E-state index contributed by atoms with van der Waals surface area (Å²) in [4.78, 5) is 19.0. The maximum Gasteiger partial charge on any atom is 0.387 e. The molecule has 2 aromatic rings. The van der Waals surface area contributed by atoms with Crippen LogP contribution in [0.25, 0.3) is 0 Å². The Kier molecular flexibility index (Phi) is 4.09. The lowest BCUT2D eigenvalue weighted by Crippen LogP contribution is -2.41. The Morgan fingerprint density at radius 2 is 1.89 bits per heavy atom. The predicted octanol–water partition coefficient (Wildman–Crippen LogP) is 3.20. The molecule has 2 aliphatic rings. The van der Waals surface area contributed by atoms with Crippen molar-refractivity contribution in [1.29, 1.82) is 0 Å². The standard InChI is InChI=1S/C20H19F2N3O2/c1-25-17(26)20(24-19(25)23,14-7-9-16(10-8-14)27-18(21)22)15-4-2-3-13(11-15)12-5-6-12/h2-4,7-12,18H,5-6H2,1H3,(H2,23,24)/t20-/m0/s1. The van der Waals surface area contributed by atoms with Gasteiger partial charge in [-0.1, -0.05) is 36.4 Å². The van der Waals surface area contributed by atoms with Crippen LogP contribution in [0.5, 0.6) is 5.75 Å². The van der Waals surface area contributed by atoms with E-state index in [0.717, 1.165) is 12.8 Å². The average molecular weight is 371 g/mol. The number of guanidine groups is 1. The van der Waals surface area contributed by atoms with E-state index < -0.39 is 12.2 Å². The van der Waals surface area contributed by atoms with Crippen molar-refractivity contribution in [2.75, 3.05) is 7.05 Å². The fourth-order valence-electron chi connectivity index (χ4n) is 3.50. The molecule has 2 aromatic carbocycles. The third-order valence-corrected chi connectivity index (χ3v) is 5.09. The minimum atomic E-state index is -2.91. The van der Waals surface area contributed by atoms with Gasteiger partial charge in [-0.15, -0.1) is 0 Å². The molecule has 140 valence electrons. The van der Waals surface area contributed by atoms with Crippen LogP contribution < -0.4 is 10.5 Å². The molecule has 1 heterocycles. The Morgan fingerprint density at radius 3 is 2.44 bits per heavy atom. The fraction of sp³-hybridized carbons (Fsp3) is 0.300. The predicted molar refractivity (Wildman–Crippen MR) is 96.7 cm³/mol. The first kappa shape index (κ1) is 17.5. The summed E-state index contributed by atoms with van der Waals surface area (Å²) in [6, 6.07) is 13.8. The number of likely N-dealkylation sites (N-methyl/N-ethyl adjacent to an activating group) is 1. The average Bonchev–Trinajstić information content (AvgIpc) is 3.47. The number of alkyl halides is 2. The van der Waals surface area contributed by atoms with Gasteiger partial charge in [-0.3, -0.25) is 9.69 Å². The minimum Gasteiger partial charge on any atom is -0.435 e. The first-order valence-electron chi connectivity index (χ1n) is 8.71. The molecular formula is C20H19F2N3O2. The van der Waals surface area contributed by atoms with E-state index in [4.69, 9.17) is 5.73 Å². The Balaban J connectivity index is 1.83. The van der Waals surface area contributed by atoms with E-state index in [0.29, 0.717) is 17.0 Å². The quantitative estimate of drug-likeness (QED) is 0.878. The molecule has 5 nitrogen and oxygen atoms in total. The number of aliphatic imine (C=N–C) groups is 1. The Bertz CT molecular complexity index is 910. The molecule has 1 atom stereocenters. The van der Waals surface area contributed by atoms with E-state index in [1.165, 1.54) is 22.6 Å². The number of carbonyl (C=O) groups excluding carboxylic acids is 1. The van der Waals surface area contributed by atoms with Gasteiger partial charge in [0.1, 0.15) is 5.75 Å². The normalized spacial score (nSPS) is 22.3. The zero-order valence-electron chi connectivity index (χ0n) is 14.7. The van der Waals surface area contributed by atoms with E-state index in [1.807, 2.05) is 24.3 Å². The van der Waals surface area contributed by atoms with Crippen LogP contribution in [0.15, 0.2) is 53.5 Å². The van der Waals surface area contributed by atoms with E-state index in [1.54, 1.807) is 19.2 Å². The second kappa shape index (κ2) is 6.33. The number of amides is 1. The van der Waals surface area contributed by atoms with Gasteiger partial charge in [0.2, 0.25) is 0 Å². The van der Waals surface area contributed by atoms with Gasteiger partial charge < -0.3 is 10.5 Å². The van der Waals surface area contributed by atoms with Gasteiger partial charge in [0.05, 0.1) is 0 Å². The zero-order chi connectivity index (χ0) is 19.2. The molecule has 0 spiro atoms. The zero-order valence-corrected chi connectivity index (χ0v) is 14.7. The maximum atomic E-state index is 13.2. The van der Waals surface area contributed by atoms with E-state index in [2.05, 4.69) is 9.73 Å². The van der Waals surface area contributed by atoms with Gasteiger partial charge >= 0.3 is 6.61 Å². The lowest BCUT2D eigenvalue weighted by atomic mass is 9.82. The van der Waals surface area contributed by atoms with Crippen molar-refractivity contribution in [3.63, 3.8) is 0 Å². The summed E-state index contributed by atoms with van der Waals surface area (Å²) in [5.74, 6) is 0.367.